The Morgan fingerprint density at radius 2 is 1.92 bits per heavy atom. The largest absolute Gasteiger partial charge is 0.507 e. The van der Waals surface area contributed by atoms with E-state index in [-0.39, 0.29) is 11.3 Å². The molecule has 0 bridgehead atoms. The topological polar surface area (TPSA) is 55.1 Å². The van der Waals surface area contributed by atoms with Gasteiger partial charge in [-0.1, -0.05) is 51.2 Å². The number of phenols is 1. The molecule has 26 heavy (non-hydrogen) atoms. The molecule has 0 aliphatic heterocycles. The van der Waals surface area contributed by atoms with Crippen LogP contribution in [0.3, 0.4) is 0 Å². The summed E-state index contributed by atoms with van der Waals surface area (Å²) in [5.41, 5.74) is 2.15. The molecule has 1 aliphatic carbocycles. The number of phenolic OH excluding ortho intramolecular Hbond substituents is 1. The second kappa shape index (κ2) is 8.52. The van der Waals surface area contributed by atoms with Crippen LogP contribution in [0.5, 0.6) is 5.75 Å². The maximum absolute atomic E-state index is 13.2. The lowest BCUT2D eigenvalue weighted by Crippen LogP contribution is -2.28. The standard InChI is InChI=1S/C22H30N2O2/c1-3-15-24-16(2)23-21(18-11-7-8-12-20(18)25)19(22(24)26)14-13-17-9-5-4-6-10-17/h7-8,11-12,17,25H,3-6,9-10,13-15H2,1-2H3. The van der Waals surface area contributed by atoms with Gasteiger partial charge < -0.3 is 5.11 Å². The lowest BCUT2D eigenvalue weighted by Gasteiger charge is -2.22. The van der Waals surface area contributed by atoms with E-state index in [1.165, 1.54) is 32.1 Å². The average molecular weight is 354 g/mol. The third-order valence-corrected chi connectivity index (χ3v) is 5.59. The fourth-order valence-electron chi connectivity index (χ4n) is 4.13. The molecule has 0 unspecified atom stereocenters. The highest BCUT2D eigenvalue weighted by Gasteiger charge is 2.20. The minimum atomic E-state index is 0.0633. The molecule has 4 nitrogen and oxygen atoms in total. The van der Waals surface area contributed by atoms with Crippen molar-refractivity contribution < 1.29 is 5.11 Å². The van der Waals surface area contributed by atoms with E-state index in [1.54, 1.807) is 16.7 Å². The van der Waals surface area contributed by atoms with Gasteiger partial charge in [-0.15, -0.1) is 0 Å². The summed E-state index contributed by atoms with van der Waals surface area (Å²) in [6.07, 6.45) is 9.18. The van der Waals surface area contributed by atoms with Crippen LogP contribution in [0.2, 0.25) is 0 Å². The van der Waals surface area contributed by atoms with Gasteiger partial charge in [-0.05, 0) is 44.2 Å². The number of hydrogen-bond donors (Lipinski definition) is 1. The van der Waals surface area contributed by atoms with E-state index < -0.39 is 0 Å². The van der Waals surface area contributed by atoms with Crippen molar-refractivity contribution in [1.29, 1.82) is 0 Å². The Balaban J connectivity index is 2.01. The van der Waals surface area contributed by atoms with Crippen LogP contribution in [0.1, 0.15) is 63.3 Å². The van der Waals surface area contributed by atoms with Crippen molar-refractivity contribution >= 4 is 0 Å². The molecule has 0 radical (unpaired) electrons. The van der Waals surface area contributed by atoms with E-state index in [0.29, 0.717) is 23.7 Å². The fraction of sp³-hybridized carbons (Fsp3) is 0.545. The monoisotopic (exact) mass is 354 g/mol. The Hall–Kier alpha value is -2.10. The molecule has 1 aromatic heterocycles. The number of nitrogens with zero attached hydrogens (tertiary/aromatic N) is 2. The summed E-state index contributed by atoms with van der Waals surface area (Å²) in [4.78, 5) is 17.9. The maximum Gasteiger partial charge on any atom is 0.257 e. The van der Waals surface area contributed by atoms with Gasteiger partial charge in [0.1, 0.15) is 11.6 Å². The first-order valence-corrected chi connectivity index (χ1v) is 10.0. The van der Waals surface area contributed by atoms with Gasteiger partial charge in [0, 0.05) is 17.7 Å². The Morgan fingerprint density at radius 1 is 1.19 bits per heavy atom. The van der Waals surface area contributed by atoms with Crippen molar-refractivity contribution in [2.45, 2.75) is 71.8 Å². The van der Waals surface area contributed by atoms with E-state index in [1.807, 2.05) is 19.1 Å². The van der Waals surface area contributed by atoms with Crippen molar-refractivity contribution in [1.82, 2.24) is 9.55 Å². The first-order valence-electron chi connectivity index (χ1n) is 10.0. The fourth-order valence-corrected chi connectivity index (χ4v) is 4.13. The smallest absolute Gasteiger partial charge is 0.257 e. The molecule has 2 aromatic rings. The molecule has 0 atom stereocenters. The Labute approximate surface area is 155 Å². The van der Waals surface area contributed by atoms with Gasteiger partial charge in [0.15, 0.2) is 0 Å². The van der Waals surface area contributed by atoms with Crippen LogP contribution in [0.4, 0.5) is 0 Å². The molecule has 140 valence electrons. The van der Waals surface area contributed by atoms with E-state index in [2.05, 4.69) is 6.92 Å². The molecule has 0 saturated heterocycles. The summed E-state index contributed by atoms with van der Waals surface area (Å²) >= 11 is 0. The van der Waals surface area contributed by atoms with Gasteiger partial charge in [0.05, 0.1) is 5.69 Å². The third kappa shape index (κ3) is 4.00. The predicted molar refractivity (Wildman–Crippen MR) is 106 cm³/mol. The van der Waals surface area contributed by atoms with Crippen molar-refractivity contribution in [3.8, 4) is 17.0 Å². The normalized spacial score (nSPS) is 15.3. The third-order valence-electron chi connectivity index (χ3n) is 5.59. The highest BCUT2D eigenvalue weighted by molar-refractivity contribution is 5.69. The zero-order valence-electron chi connectivity index (χ0n) is 16.0. The minimum absolute atomic E-state index is 0.0633. The van der Waals surface area contributed by atoms with Crippen LogP contribution in [-0.2, 0) is 13.0 Å². The Kier molecular flexibility index (Phi) is 6.12. The van der Waals surface area contributed by atoms with E-state index in [4.69, 9.17) is 4.98 Å². The van der Waals surface area contributed by atoms with Crippen LogP contribution in [-0.4, -0.2) is 14.7 Å². The number of aromatic nitrogens is 2. The first-order chi connectivity index (χ1) is 12.6. The van der Waals surface area contributed by atoms with E-state index in [9.17, 15) is 9.90 Å². The second-order valence-electron chi connectivity index (χ2n) is 7.50. The molecule has 3 rings (SSSR count). The Morgan fingerprint density at radius 3 is 2.62 bits per heavy atom. The second-order valence-corrected chi connectivity index (χ2v) is 7.50. The number of benzene rings is 1. The molecule has 0 amide bonds. The summed E-state index contributed by atoms with van der Waals surface area (Å²) in [6, 6.07) is 7.19. The lowest BCUT2D eigenvalue weighted by molar-refractivity contribution is 0.338. The van der Waals surface area contributed by atoms with Gasteiger partial charge >= 0.3 is 0 Å². The van der Waals surface area contributed by atoms with Crippen LogP contribution in [0.15, 0.2) is 29.1 Å². The number of aromatic hydroxyl groups is 1. The van der Waals surface area contributed by atoms with Crippen molar-refractivity contribution in [3.63, 3.8) is 0 Å². The predicted octanol–water partition coefficient (Wildman–Crippen LogP) is 4.85. The Bertz CT molecular complexity index is 804. The molecule has 1 fully saturated rings. The van der Waals surface area contributed by atoms with Crippen molar-refractivity contribution in [3.05, 3.63) is 46.0 Å². The quantitative estimate of drug-likeness (QED) is 0.807. The summed E-state index contributed by atoms with van der Waals surface area (Å²) in [5, 5.41) is 10.3. The zero-order valence-corrected chi connectivity index (χ0v) is 16.0. The van der Waals surface area contributed by atoms with Crippen molar-refractivity contribution in [2.24, 2.45) is 5.92 Å². The summed E-state index contributed by atoms with van der Waals surface area (Å²) in [5.74, 6) is 1.61. The number of aryl methyl sites for hydroxylation is 1. The molecule has 0 spiro atoms. The molecular weight excluding hydrogens is 324 g/mol. The number of rotatable bonds is 6. The zero-order chi connectivity index (χ0) is 18.5. The first kappa shape index (κ1) is 18.7. The van der Waals surface area contributed by atoms with Crippen LogP contribution in [0.25, 0.3) is 11.3 Å². The van der Waals surface area contributed by atoms with Gasteiger partial charge in [-0.2, -0.15) is 0 Å². The number of hydrogen-bond acceptors (Lipinski definition) is 3. The van der Waals surface area contributed by atoms with E-state index >= 15 is 0 Å². The molecule has 4 heteroatoms. The minimum Gasteiger partial charge on any atom is -0.507 e. The van der Waals surface area contributed by atoms with Crippen LogP contribution in [0, 0.1) is 12.8 Å². The van der Waals surface area contributed by atoms with E-state index in [0.717, 1.165) is 30.7 Å². The summed E-state index contributed by atoms with van der Waals surface area (Å²) in [6.45, 7) is 4.64. The van der Waals surface area contributed by atoms with Gasteiger partial charge in [0.25, 0.3) is 5.56 Å². The van der Waals surface area contributed by atoms with Gasteiger partial charge in [-0.25, -0.2) is 4.98 Å². The van der Waals surface area contributed by atoms with Crippen molar-refractivity contribution in [2.75, 3.05) is 0 Å². The lowest BCUT2D eigenvalue weighted by atomic mass is 9.85. The maximum atomic E-state index is 13.2. The SMILES string of the molecule is CCCn1c(C)nc(-c2ccccc2O)c(CCC2CCCCC2)c1=O. The van der Waals surface area contributed by atoms with Crippen LogP contribution >= 0.6 is 0 Å². The van der Waals surface area contributed by atoms with Crippen LogP contribution < -0.4 is 5.56 Å². The highest BCUT2D eigenvalue weighted by Crippen LogP contribution is 2.32. The molecule has 1 heterocycles. The average Bonchev–Trinajstić information content (AvgIpc) is 2.65. The highest BCUT2D eigenvalue weighted by atomic mass is 16.3. The summed E-state index contributed by atoms with van der Waals surface area (Å²) < 4.78 is 1.79. The molecule has 1 N–H and O–H groups in total. The molecule has 1 saturated carbocycles. The van der Waals surface area contributed by atoms with Gasteiger partial charge in [-0.3, -0.25) is 9.36 Å². The number of para-hydroxylation sites is 1. The molecular formula is C22H30N2O2. The molecule has 1 aromatic carbocycles. The van der Waals surface area contributed by atoms with Gasteiger partial charge in [0.2, 0.25) is 0 Å². The molecule has 1 aliphatic rings. The summed E-state index contributed by atoms with van der Waals surface area (Å²) in [7, 11) is 0.